The van der Waals surface area contributed by atoms with E-state index < -0.39 is 0 Å². The third kappa shape index (κ3) is 3.75. The van der Waals surface area contributed by atoms with Crippen LogP contribution in [0.5, 0.6) is 5.75 Å². The van der Waals surface area contributed by atoms with E-state index in [1.54, 1.807) is 12.3 Å². The molecule has 1 aromatic carbocycles. The molecule has 2 aromatic rings. The van der Waals surface area contributed by atoms with Crippen LogP contribution in [0.1, 0.15) is 5.56 Å². The smallest absolute Gasteiger partial charge is 0.130 e. The van der Waals surface area contributed by atoms with Gasteiger partial charge in [0.25, 0.3) is 0 Å². The van der Waals surface area contributed by atoms with E-state index in [1.807, 2.05) is 43.3 Å². The van der Waals surface area contributed by atoms with Gasteiger partial charge in [0.05, 0.1) is 5.02 Å². The molecule has 0 radical (unpaired) electrons. The van der Waals surface area contributed by atoms with Gasteiger partial charge in [0, 0.05) is 37.6 Å². The van der Waals surface area contributed by atoms with Gasteiger partial charge < -0.3 is 9.64 Å². The third-order valence-electron chi connectivity index (χ3n) is 2.62. The van der Waals surface area contributed by atoms with Crippen LogP contribution in [0.4, 0.5) is 5.69 Å². The Hall–Kier alpha value is -1.45. The lowest BCUT2D eigenvalue weighted by Gasteiger charge is -2.14. The zero-order valence-electron chi connectivity index (χ0n) is 10.7. The SMILES string of the molecule is CN(C)c1cccc(OCc2cnc(Cl)cc2Cl)c1. The van der Waals surface area contributed by atoms with Crippen LogP contribution < -0.4 is 9.64 Å². The molecule has 0 aliphatic carbocycles. The molecule has 0 atom stereocenters. The highest BCUT2D eigenvalue weighted by molar-refractivity contribution is 6.34. The Bertz CT molecular complexity index is 573. The second-order valence-electron chi connectivity index (χ2n) is 4.28. The van der Waals surface area contributed by atoms with Crippen LogP contribution in [0.25, 0.3) is 0 Å². The van der Waals surface area contributed by atoms with E-state index in [4.69, 9.17) is 27.9 Å². The molecule has 0 N–H and O–H groups in total. The molecule has 19 heavy (non-hydrogen) atoms. The fourth-order valence-corrected chi connectivity index (χ4v) is 1.97. The predicted molar refractivity (Wildman–Crippen MR) is 79.4 cm³/mol. The molecule has 3 nitrogen and oxygen atoms in total. The molecular formula is C14H14Cl2N2O. The molecule has 0 saturated carbocycles. The molecule has 0 amide bonds. The standard InChI is InChI=1S/C14H14Cl2N2O/c1-18(2)11-4-3-5-12(6-11)19-9-10-8-17-14(16)7-13(10)15/h3-8H,9H2,1-2H3. The van der Waals surface area contributed by atoms with Crippen molar-refractivity contribution >= 4 is 28.9 Å². The van der Waals surface area contributed by atoms with Gasteiger partial charge in [-0.1, -0.05) is 29.3 Å². The monoisotopic (exact) mass is 296 g/mol. The number of halogens is 2. The molecule has 1 heterocycles. The normalized spacial score (nSPS) is 10.3. The van der Waals surface area contributed by atoms with Crippen LogP contribution in [0.2, 0.25) is 10.2 Å². The first kappa shape index (κ1) is 14.0. The summed E-state index contributed by atoms with van der Waals surface area (Å²) in [5.41, 5.74) is 1.89. The second-order valence-corrected chi connectivity index (χ2v) is 5.07. The van der Waals surface area contributed by atoms with Crippen molar-refractivity contribution in [3.05, 3.63) is 52.3 Å². The summed E-state index contributed by atoms with van der Waals surface area (Å²) < 4.78 is 5.71. The summed E-state index contributed by atoms with van der Waals surface area (Å²) in [6.45, 7) is 0.361. The molecule has 0 fully saturated rings. The Morgan fingerprint density at radius 3 is 2.68 bits per heavy atom. The maximum Gasteiger partial charge on any atom is 0.130 e. The summed E-state index contributed by atoms with van der Waals surface area (Å²) >= 11 is 11.8. The van der Waals surface area contributed by atoms with E-state index in [0.29, 0.717) is 16.8 Å². The second kappa shape index (κ2) is 6.13. The molecule has 5 heteroatoms. The van der Waals surface area contributed by atoms with Crippen molar-refractivity contribution in [1.29, 1.82) is 0 Å². The summed E-state index contributed by atoms with van der Waals surface area (Å²) in [5.74, 6) is 0.789. The van der Waals surface area contributed by atoms with E-state index in [9.17, 15) is 0 Å². The van der Waals surface area contributed by atoms with Gasteiger partial charge in [-0.05, 0) is 18.2 Å². The quantitative estimate of drug-likeness (QED) is 0.797. The molecule has 1 aromatic heterocycles. The van der Waals surface area contributed by atoms with Crippen LogP contribution in [0.3, 0.4) is 0 Å². The number of aromatic nitrogens is 1. The Morgan fingerprint density at radius 2 is 2.00 bits per heavy atom. The van der Waals surface area contributed by atoms with Crippen LogP contribution in [-0.2, 0) is 6.61 Å². The van der Waals surface area contributed by atoms with Gasteiger partial charge in [0.2, 0.25) is 0 Å². The number of anilines is 1. The van der Waals surface area contributed by atoms with Crippen LogP contribution in [-0.4, -0.2) is 19.1 Å². The number of hydrogen-bond donors (Lipinski definition) is 0. The molecular weight excluding hydrogens is 283 g/mol. The van der Waals surface area contributed by atoms with E-state index in [1.165, 1.54) is 0 Å². The van der Waals surface area contributed by atoms with Gasteiger partial charge >= 0.3 is 0 Å². The fraction of sp³-hybridized carbons (Fsp3) is 0.214. The van der Waals surface area contributed by atoms with Crippen molar-refractivity contribution < 1.29 is 4.74 Å². The summed E-state index contributed by atoms with van der Waals surface area (Å²) in [7, 11) is 3.97. The van der Waals surface area contributed by atoms with Crippen molar-refractivity contribution in [3.8, 4) is 5.75 Å². The highest BCUT2D eigenvalue weighted by atomic mass is 35.5. The van der Waals surface area contributed by atoms with Gasteiger partial charge in [-0.2, -0.15) is 0 Å². The minimum atomic E-state index is 0.361. The summed E-state index contributed by atoms with van der Waals surface area (Å²) in [5, 5.41) is 0.937. The molecule has 0 spiro atoms. The zero-order chi connectivity index (χ0) is 13.8. The van der Waals surface area contributed by atoms with Crippen molar-refractivity contribution in [2.24, 2.45) is 0 Å². The summed E-state index contributed by atoms with van der Waals surface area (Å²) in [4.78, 5) is 6.01. The van der Waals surface area contributed by atoms with Crippen molar-refractivity contribution in [1.82, 2.24) is 4.98 Å². The Balaban J connectivity index is 2.08. The molecule has 0 unspecified atom stereocenters. The Labute approximate surface area is 122 Å². The van der Waals surface area contributed by atoms with Crippen molar-refractivity contribution in [2.75, 3.05) is 19.0 Å². The van der Waals surface area contributed by atoms with Gasteiger partial charge in [0.15, 0.2) is 0 Å². The Morgan fingerprint density at radius 1 is 1.21 bits per heavy atom. The number of hydrogen-bond acceptors (Lipinski definition) is 3. The van der Waals surface area contributed by atoms with Gasteiger partial charge in [0.1, 0.15) is 17.5 Å². The maximum atomic E-state index is 6.06. The van der Waals surface area contributed by atoms with Crippen molar-refractivity contribution in [2.45, 2.75) is 6.61 Å². The number of pyridine rings is 1. The molecule has 0 aliphatic rings. The Kier molecular flexibility index (Phi) is 4.51. The first-order valence-electron chi connectivity index (χ1n) is 5.76. The van der Waals surface area contributed by atoms with Crippen LogP contribution in [0, 0.1) is 0 Å². The molecule has 100 valence electrons. The van der Waals surface area contributed by atoms with E-state index in [0.717, 1.165) is 17.0 Å². The fourth-order valence-electron chi connectivity index (χ4n) is 1.55. The van der Waals surface area contributed by atoms with E-state index in [2.05, 4.69) is 4.98 Å². The maximum absolute atomic E-state index is 6.06. The summed E-state index contributed by atoms with van der Waals surface area (Å²) in [6, 6.07) is 9.45. The zero-order valence-corrected chi connectivity index (χ0v) is 12.2. The van der Waals surface area contributed by atoms with Gasteiger partial charge in [-0.25, -0.2) is 4.98 Å². The highest BCUT2D eigenvalue weighted by Gasteiger charge is 2.04. The molecule has 0 aliphatic heterocycles. The predicted octanol–water partition coefficient (Wildman–Crippen LogP) is 4.03. The van der Waals surface area contributed by atoms with Gasteiger partial charge in [-0.15, -0.1) is 0 Å². The lowest BCUT2D eigenvalue weighted by molar-refractivity contribution is 0.306. The largest absolute Gasteiger partial charge is 0.489 e. The lowest BCUT2D eigenvalue weighted by Crippen LogP contribution is -2.08. The minimum Gasteiger partial charge on any atom is -0.489 e. The number of rotatable bonds is 4. The highest BCUT2D eigenvalue weighted by Crippen LogP contribution is 2.23. The van der Waals surface area contributed by atoms with Gasteiger partial charge in [-0.3, -0.25) is 0 Å². The van der Waals surface area contributed by atoms with Crippen molar-refractivity contribution in [3.63, 3.8) is 0 Å². The number of nitrogens with zero attached hydrogens (tertiary/aromatic N) is 2. The first-order chi connectivity index (χ1) is 9.06. The molecule has 0 bridgehead atoms. The van der Waals surface area contributed by atoms with E-state index in [-0.39, 0.29) is 0 Å². The first-order valence-corrected chi connectivity index (χ1v) is 6.52. The third-order valence-corrected chi connectivity index (χ3v) is 3.18. The average Bonchev–Trinajstić information content (AvgIpc) is 2.38. The summed E-state index contributed by atoms with van der Waals surface area (Å²) in [6.07, 6.45) is 1.63. The molecule has 0 saturated heterocycles. The lowest BCUT2D eigenvalue weighted by atomic mass is 10.3. The topological polar surface area (TPSA) is 25.4 Å². The number of ether oxygens (including phenoxy) is 1. The van der Waals surface area contributed by atoms with Crippen LogP contribution >= 0.6 is 23.2 Å². The molecule has 2 rings (SSSR count). The van der Waals surface area contributed by atoms with E-state index >= 15 is 0 Å². The van der Waals surface area contributed by atoms with Crippen LogP contribution in [0.15, 0.2) is 36.5 Å². The average molecular weight is 297 g/mol. The minimum absolute atomic E-state index is 0.361. The number of benzene rings is 1.